The fraction of sp³-hybridized carbons (Fsp3) is 0.333. The van der Waals surface area contributed by atoms with Gasteiger partial charge in [-0.2, -0.15) is 5.10 Å². The highest BCUT2D eigenvalue weighted by Crippen LogP contribution is 2.36. The second kappa shape index (κ2) is 9.05. The van der Waals surface area contributed by atoms with Crippen LogP contribution in [0.25, 0.3) is 22.5 Å². The standard InChI is InChI=1S/C24H27N3O2/c1-2-15-29-16-14-25-24(28)19-12-10-18(11-13-19)22-21-9-5-7-17-6-3-4-8-20(17)23(21)27-26-22/h3-4,6,8,10-13H,2,5,7,9,14-16H2,1H3,(H,25,28)(H,26,27). The molecule has 2 aromatic carbocycles. The van der Waals surface area contributed by atoms with Crippen molar-refractivity contribution in [2.75, 3.05) is 19.8 Å². The minimum Gasteiger partial charge on any atom is -0.380 e. The van der Waals surface area contributed by atoms with Crippen LogP contribution in [-0.2, 0) is 17.6 Å². The molecular formula is C24H27N3O2. The van der Waals surface area contributed by atoms with Crippen molar-refractivity contribution < 1.29 is 9.53 Å². The van der Waals surface area contributed by atoms with Gasteiger partial charge >= 0.3 is 0 Å². The number of amides is 1. The number of aryl methyl sites for hydroxylation is 1. The van der Waals surface area contributed by atoms with Crippen molar-refractivity contribution in [2.24, 2.45) is 0 Å². The molecule has 5 nitrogen and oxygen atoms in total. The van der Waals surface area contributed by atoms with E-state index in [4.69, 9.17) is 4.74 Å². The van der Waals surface area contributed by atoms with Crippen LogP contribution < -0.4 is 5.32 Å². The number of rotatable bonds is 7. The summed E-state index contributed by atoms with van der Waals surface area (Å²) in [6.07, 6.45) is 4.17. The van der Waals surface area contributed by atoms with Crippen LogP contribution in [0.4, 0.5) is 0 Å². The van der Waals surface area contributed by atoms with Crippen LogP contribution in [0.1, 0.15) is 41.3 Å². The van der Waals surface area contributed by atoms with Crippen molar-refractivity contribution in [3.63, 3.8) is 0 Å². The molecule has 1 aliphatic rings. The quantitative estimate of drug-likeness (QED) is 0.589. The molecule has 0 aliphatic heterocycles. The molecule has 0 bridgehead atoms. The van der Waals surface area contributed by atoms with E-state index >= 15 is 0 Å². The summed E-state index contributed by atoms with van der Waals surface area (Å²) in [4.78, 5) is 12.3. The number of aromatic nitrogens is 2. The minimum atomic E-state index is -0.0774. The van der Waals surface area contributed by atoms with E-state index in [0.29, 0.717) is 18.7 Å². The van der Waals surface area contributed by atoms with Crippen LogP contribution in [0.3, 0.4) is 0 Å². The van der Waals surface area contributed by atoms with Gasteiger partial charge in [-0.15, -0.1) is 0 Å². The first kappa shape index (κ1) is 19.4. The topological polar surface area (TPSA) is 67.0 Å². The highest BCUT2D eigenvalue weighted by atomic mass is 16.5. The maximum absolute atomic E-state index is 12.3. The lowest BCUT2D eigenvalue weighted by molar-refractivity contribution is 0.0915. The van der Waals surface area contributed by atoms with Gasteiger partial charge in [0.1, 0.15) is 0 Å². The van der Waals surface area contributed by atoms with Crippen molar-refractivity contribution in [3.05, 3.63) is 65.2 Å². The van der Waals surface area contributed by atoms with E-state index in [2.05, 4.69) is 46.7 Å². The molecule has 150 valence electrons. The first-order valence-corrected chi connectivity index (χ1v) is 10.4. The van der Waals surface area contributed by atoms with Gasteiger partial charge in [-0.05, 0) is 43.4 Å². The molecule has 4 rings (SSSR count). The maximum Gasteiger partial charge on any atom is 0.251 e. The van der Waals surface area contributed by atoms with E-state index in [9.17, 15) is 4.79 Å². The molecule has 1 heterocycles. The fourth-order valence-corrected chi connectivity index (χ4v) is 3.87. The highest BCUT2D eigenvalue weighted by Gasteiger charge is 2.20. The third-order valence-electron chi connectivity index (χ3n) is 5.33. The molecule has 0 radical (unpaired) electrons. The molecule has 1 aliphatic carbocycles. The molecule has 1 amide bonds. The second-order valence-electron chi connectivity index (χ2n) is 7.38. The summed E-state index contributed by atoms with van der Waals surface area (Å²) in [7, 11) is 0. The summed E-state index contributed by atoms with van der Waals surface area (Å²) in [5.41, 5.74) is 7.68. The van der Waals surface area contributed by atoms with Crippen molar-refractivity contribution in [3.8, 4) is 22.5 Å². The van der Waals surface area contributed by atoms with E-state index in [-0.39, 0.29) is 5.91 Å². The lowest BCUT2D eigenvalue weighted by Gasteiger charge is -2.07. The van der Waals surface area contributed by atoms with Gasteiger partial charge in [0.15, 0.2) is 0 Å². The van der Waals surface area contributed by atoms with Gasteiger partial charge in [-0.3, -0.25) is 9.89 Å². The Balaban J connectivity index is 1.50. The Labute approximate surface area is 171 Å². The monoisotopic (exact) mass is 389 g/mol. The van der Waals surface area contributed by atoms with Crippen LogP contribution in [0.5, 0.6) is 0 Å². The van der Waals surface area contributed by atoms with Crippen LogP contribution in [0.2, 0.25) is 0 Å². The van der Waals surface area contributed by atoms with E-state index in [1.165, 1.54) is 16.7 Å². The number of H-pyrrole nitrogens is 1. The van der Waals surface area contributed by atoms with Gasteiger partial charge in [0, 0.05) is 35.4 Å². The van der Waals surface area contributed by atoms with Gasteiger partial charge in [0.05, 0.1) is 18.0 Å². The zero-order valence-electron chi connectivity index (χ0n) is 16.8. The number of nitrogens with zero attached hydrogens (tertiary/aromatic N) is 1. The SMILES string of the molecule is CCCOCCNC(=O)c1ccc(-c2n[nH]c3c2CCCc2ccccc2-3)cc1. The largest absolute Gasteiger partial charge is 0.380 e. The van der Waals surface area contributed by atoms with Crippen LogP contribution in [-0.4, -0.2) is 35.9 Å². The molecule has 0 spiro atoms. The number of ether oxygens (including phenoxy) is 1. The average molecular weight is 389 g/mol. The Hall–Kier alpha value is -2.92. The van der Waals surface area contributed by atoms with Gasteiger partial charge in [-0.25, -0.2) is 0 Å². The smallest absolute Gasteiger partial charge is 0.251 e. The van der Waals surface area contributed by atoms with E-state index in [1.54, 1.807) is 0 Å². The number of hydrogen-bond acceptors (Lipinski definition) is 3. The van der Waals surface area contributed by atoms with E-state index < -0.39 is 0 Å². The predicted molar refractivity (Wildman–Crippen MR) is 115 cm³/mol. The number of hydrogen-bond donors (Lipinski definition) is 2. The summed E-state index contributed by atoms with van der Waals surface area (Å²) < 4.78 is 5.40. The molecule has 5 heteroatoms. The summed E-state index contributed by atoms with van der Waals surface area (Å²) in [6.45, 7) is 3.85. The number of fused-ring (bicyclic) bond motifs is 3. The van der Waals surface area contributed by atoms with Crippen molar-refractivity contribution in [1.82, 2.24) is 15.5 Å². The Morgan fingerprint density at radius 1 is 1.10 bits per heavy atom. The summed E-state index contributed by atoms with van der Waals surface area (Å²) in [6, 6.07) is 16.2. The van der Waals surface area contributed by atoms with Gasteiger partial charge in [0.2, 0.25) is 0 Å². The number of benzene rings is 2. The minimum absolute atomic E-state index is 0.0774. The molecular weight excluding hydrogens is 362 g/mol. The van der Waals surface area contributed by atoms with Crippen molar-refractivity contribution in [1.29, 1.82) is 0 Å². The number of aromatic amines is 1. The zero-order valence-corrected chi connectivity index (χ0v) is 16.8. The van der Waals surface area contributed by atoms with Crippen molar-refractivity contribution in [2.45, 2.75) is 32.6 Å². The first-order valence-electron chi connectivity index (χ1n) is 10.4. The molecule has 0 saturated heterocycles. The molecule has 0 unspecified atom stereocenters. The molecule has 0 saturated carbocycles. The lowest BCUT2D eigenvalue weighted by Crippen LogP contribution is -2.27. The maximum atomic E-state index is 12.3. The fourth-order valence-electron chi connectivity index (χ4n) is 3.87. The predicted octanol–water partition coefficient (Wildman–Crippen LogP) is 4.39. The molecule has 0 atom stereocenters. The number of nitrogens with one attached hydrogen (secondary N) is 2. The molecule has 2 N–H and O–H groups in total. The lowest BCUT2D eigenvalue weighted by atomic mass is 9.99. The Morgan fingerprint density at radius 3 is 2.76 bits per heavy atom. The Kier molecular flexibility index (Phi) is 6.06. The molecule has 3 aromatic rings. The average Bonchev–Trinajstić information content (AvgIpc) is 3.09. The van der Waals surface area contributed by atoms with Gasteiger partial charge in [0.25, 0.3) is 5.91 Å². The van der Waals surface area contributed by atoms with Gasteiger partial charge < -0.3 is 10.1 Å². The molecule has 0 fully saturated rings. The van der Waals surface area contributed by atoms with Gasteiger partial charge in [-0.1, -0.05) is 43.3 Å². The first-order chi connectivity index (χ1) is 14.3. The van der Waals surface area contributed by atoms with Crippen LogP contribution in [0.15, 0.2) is 48.5 Å². The Bertz CT molecular complexity index is 976. The normalized spacial score (nSPS) is 12.7. The highest BCUT2D eigenvalue weighted by molar-refractivity contribution is 5.94. The molecule has 29 heavy (non-hydrogen) atoms. The number of carbonyl (C=O) groups is 1. The third kappa shape index (κ3) is 4.25. The summed E-state index contributed by atoms with van der Waals surface area (Å²) >= 11 is 0. The van der Waals surface area contributed by atoms with Crippen LogP contribution >= 0.6 is 0 Å². The Morgan fingerprint density at radius 2 is 1.93 bits per heavy atom. The van der Waals surface area contributed by atoms with Crippen LogP contribution in [0, 0.1) is 0 Å². The summed E-state index contributed by atoms with van der Waals surface area (Å²) in [5, 5.41) is 10.8. The summed E-state index contributed by atoms with van der Waals surface area (Å²) in [5.74, 6) is -0.0774. The molecule has 1 aromatic heterocycles. The van der Waals surface area contributed by atoms with E-state index in [1.807, 2.05) is 24.3 Å². The third-order valence-corrected chi connectivity index (χ3v) is 5.33. The zero-order chi connectivity index (χ0) is 20.1. The van der Waals surface area contributed by atoms with Crippen molar-refractivity contribution >= 4 is 5.91 Å². The second-order valence-corrected chi connectivity index (χ2v) is 7.38. The van der Waals surface area contributed by atoms with E-state index in [0.717, 1.165) is 49.2 Å². The number of carbonyl (C=O) groups excluding carboxylic acids is 1.